The van der Waals surface area contributed by atoms with E-state index in [1.54, 1.807) is 24.5 Å². The summed E-state index contributed by atoms with van der Waals surface area (Å²) in [6.45, 7) is 1.93. The van der Waals surface area contributed by atoms with Gasteiger partial charge in [0.05, 0.1) is 0 Å². The van der Waals surface area contributed by atoms with E-state index in [-0.39, 0.29) is 11.9 Å². The summed E-state index contributed by atoms with van der Waals surface area (Å²) < 4.78 is 13.6. The number of pyridine rings is 1. The molecule has 0 saturated heterocycles. The van der Waals surface area contributed by atoms with E-state index in [9.17, 15) is 4.39 Å². The smallest absolute Gasteiger partial charge is 0.128 e. The fraction of sp³-hybridized carbons (Fsp3) is 0.214. The summed E-state index contributed by atoms with van der Waals surface area (Å²) in [6.07, 6.45) is 4.06. The number of hydrogen-bond donors (Lipinski definition) is 1. The van der Waals surface area contributed by atoms with Crippen LogP contribution in [0, 0.1) is 12.7 Å². The molecule has 0 amide bonds. The SMILES string of the molecule is Cc1ccc(F)c(C(N)Cc2cccnc2)c1. The largest absolute Gasteiger partial charge is 0.324 e. The zero-order valence-electron chi connectivity index (χ0n) is 9.73. The van der Waals surface area contributed by atoms with E-state index in [0.717, 1.165) is 11.1 Å². The minimum atomic E-state index is -0.334. The van der Waals surface area contributed by atoms with Crippen LogP contribution < -0.4 is 5.73 Å². The van der Waals surface area contributed by atoms with E-state index in [1.807, 2.05) is 19.1 Å². The predicted octanol–water partition coefficient (Wildman–Crippen LogP) is 2.77. The van der Waals surface area contributed by atoms with E-state index in [4.69, 9.17) is 5.73 Å². The Balaban J connectivity index is 2.20. The van der Waals surface area contributed by atoms with Gasteiger partial charge in [0.1, 0.15) is 5.82 Å². The van der Waals surface area contributed by atoms with Gasteiger partial charge in [-0.3, -0.25) is 4.98 Å². The molecule has 0 aliphatic carbocycles. The van der Waals surface area contributed by atoms with E-state index >= 15 is 0 Å². The molecule has 0 fully saturated rings. The van der Waals surface area contributed by atoms with Crippen molar-refractivity contribution in [1.82, 2.24) is 4.98 Å². The monoisotopic (exact) mass is 230 g/mol. The lowest BCUT2D eigenvalue weighted by atomic mass is 9.99. The quantitative estimate of drug-likeness (QED) is 0.880. The van der Waals surface area contributed by atoms with Crippen LogP contribution in [0.4, 0.5) is 4.39 Å². The highest BCUT2D eigenvalue weighted by atomic mass is 19.1. The number of nitrogens with zero attached hydrogens (tertiary/aromatic N) is 1. The zero-order valence-corrected chi connectivity index (χ0v) is 9.73. The number of aromatic nitrogens is 1. The number of rotatable bonds is 3. The molecule has 17 heavy (non-hydrogen) atoms. The van der Waals surface area contributed by atoms with Crippen molar-refractivity contribution < 1.29 is 4.39 Å². The third kappa shape index (κ3) is 2.88. The summed E-state index contributed by atoms with van der Waals surface area (Å²) in [6, 6.07) is 8.48. The number of benzene rings is 1. The van der Waals surface area contributed by atoms with Gasteiger partial charge in [0, 0.05) is 24.0 Å². The lowest BCUT2D eigenvalue weighted by Gasteiger charge is -2.13. The number of hydrogen-bond acceptors (Lipinski definition) is 2. The van der Waals surface area contributed by atoms with Crippen LogP contribution in [-0.4, -0.2) is 4.98 Å². The normalized spacial score (nSPS) is 12.4. The van der Waals surface area contributed by atoms with Crippen molar-refractivity contribution in [3.05, 3.63) is 65.2 Å². The molecule has 88 valence electrons. The van der Waals surface area contributed by atoms with Gasteiger partial charge >= 0.3 is 0 Å². The van der Waals surface area contributed by atoms with Gasteiger partial charge in [0.2, 0.25) is 0 Å². The Kier molecular flexibility index (Phi) is 3.49. The Morgan fingerprint density at radius 1 is 1.35 bits per heavy atom. The third-order valence-electron chi connectivity index (χ3n) is 2.73. The first-order valence-electron chi connectivity index (χ1n) is 5.57. The van der Waals surface area contributed by atoms with E-state index in [0.29, 0.717) is 12.0 Å². The van der Waals surface area contributed by atoms with Crippen LogP contribution in [0.25, 0.3) is 0 Å². The van der Waals surface area contributed by atoms with Gasteiger partial charge in [-0.25, -0.2) is 4.39 Å². The Morgan fingerprint density at radius 2 is 2.18 bits per heavy atom. The van der Waals surface area contributed by atoms with Crippen LogP contribution in [0.2, 0.25) is 0 Å². The molecule has 1 aromatic heterocycles. The van der Waals surface area contributed by atoms with Gasteiger partial charge in [0.15, 0.2) is 0 Å². The first-order chi connectivity index (χ1) is 8.16. The van der Waals surface area contributed by atoms with Gasteiger partial charge in [-0.1, -0.05) is 23.8 Å². The van der Waals surface area contributed by atoms with E-state index < -0.39 is 0 Å². The highest BCUT2D eigenvalue weighted by Crippen LogP contribution is 2.20. The summed E-state index contributed by atoms with van der Waals surface area (Å²) in [5, 5.41) is 0. The first kappa shape index (κ1) is 11.7. The standard InChI is InChI=1S/C14H15FN2/c1-10-4-5-13(15)12(7-10)14(16)8-11-3-2-6-17-9-11/h2-7,9,14H,8,16H2,1H3. The zero-order chi connectivity index (χ0) is 12.3. The van der Waals surface area contributed by atoms with Crippen molar-refractivity contribution in [2.75, 3.05) is 0 Å². The van der Waals surface area contributed by atoms with Crippen LogP contribution in [0.1, 0.15) is 22.7 Å². The molecule has 0 spiro atoms. The molecule has 1 unspecified atom stereocenters. The predicted molar refractivity (Wildman–Crippen MR) is 66.0 cm³/mol. The van der Waals surface area contributed by atoms with Crippen molar-refractivity contribution >= 4 is 0 Å². The maximum absolute atomic E-state index is 13.6. The van der Waals surface area contributed by atoms with Gasteiger partial charge in [-0.2, -0.15) is 0 Å². The van der Waals surface area contributed by atoms with Crippen LogP contribution in [0.3, 0.4) is 0 Å². The van der Waals surface area contributed by atoms with Crippen LogP contribution in [0.15, 0.2) is 42.7 Å². The molecule has 1 aromatic carbocycles. The van der Waals surface area contributed by atoms with Crippen molar-refractivity contribution in [2.45, 2.75) is 19.4 Å². The molecular formula is C14H15FN2. The Hall–Kier alpha value is -1.74. The molecule has 2 nitrogen and oxygen atoms in total. The Labute approximate surface area is 100 Å². The summed E-state index contributed by atoms with van der Waals surface area (Å²) >= 11 is 0. The number of aryl methyl sites for hydroxylation is 1. The highest BCUT2D eigenvalue weighted by Gasteiger charge is 2.12. The molecule has 0 bridgehead atoms. The average molecular weight is 230 g/mol. The maximum Gasteiger partial charge on any atom is 0.128 e. The fourth-order valence-electron chi connectivity index (χ4n) is 1.83. The first-order valence-corrected chi connectivity index (χ1v) is 5.57. The minimum Gasteiger partial charge on any atom is -0.324 e. The van der Waals surface area contributed by atoms with Gasteiger partial charge in [0.25, 0.3) is 0 Å². The molecule has 2 aromatic rings. The molecule has 1 heterocycles. The fourth-order valence-corrected chi connectivity index (χ4v) is 1.83. The van der Waals surface area contributed by atoms with Gasteiger partial charge < -0.3 is 5.73 Å². The summed E-state index contributed by atoms with van der Waals surface area (Å²) in [5.74, 6) is -0.244. The molecule has 0 aliphatic heterocycles. The van der Waals surface area contributed by atoms with Gasteiger partial charge in [-0.05, 0) is 31.0 Å². The lowest BCUT2D eigenvalue weighted by molar-refractivity contribution is 0.579. The van der Waals surface area contributed by atoms with Crippen molar-refractivity contribution in [2.24, 2.45) is 5.73 Å². The van der Waals surface area contributed by atoms with Crippen molar-refractivity contribution in [3.63, 3.8) is 0 Å². The van der Waals surface area contributed by atoms with Crippen molar-refractivity contribution in [3.8, 4) is 0 Å². The minimum absolute atomic E-state index is 0.244. The van der Waals surface area contributed by atoms with Crippen LogP contribution in [-0.2, 0) is 6.42 Å². The molecule has 2 rings (SSSR count). The second-order valence-electron chi connectivity index (χ2n) is 4.20. The topological polar surface area (TPSA) is 38.9 Å². The van der Waals surface area contributed by atoms with Crippen LogP contribution >= 0.6 is 0 Å². The lowest BCUT2D eigenvalue weighted by Crippen LogP contribution is -2.15. The highest BCUT2D eigenvalue weighted by molar-refractivity contribution is 5.28. The molecule has 0 saturated carbocycles. The molecule has 1 atom stereocenters. The molecular weight excluding hydrogens is 215 g/mol. The molecule has 3 heteroatoms. The second-order valence-corrected chi connectivity index (χ2v) is 4.20. The maximum atomic E-state index is 13.6. The summed E-state index contributed by atoms with van der Waals surface area (Å²) in [4.78, 5) is 4.02. The van der Waals surface area contributed by atoms with E-state index in [2.05, 4.69) is 4.98 Å². The Morgan fingerprint density at radius 3 is 2.88 bits per heavy atom. The molecule has 0 aliphatic rings. The number of nitrogens with two attached hydrogens (primary N) is 1. The molecule has 2 N–H and O–H groups in total. The van der Waals surface area contributed by atoms with E-state index in [1.165, 1.54) is 6.07 Å². The summed E-state index contributed by atoms with van der Waals surface area (Å²) in [5.41, 5.74) is 8.62. The number of halogens is 1. The van der Waals surface area contributed by atoms with Crippen molar-refractivity contribution in [1.29, 1.82) is 0 Å². The van der Waals surface area contributed by atoms with Crippen LogP contribution in [0.5, 0.6) is 0 Å². The Bertz CT molecular complexity index is 497. The molecule has 0 radical (unpaired) electrons. The summed E-state index contributed by atoms with van der Waals surface area (Å²) in [7, 11) is 0. The average Bonchev–Trinajstić information content (AvgIpc) is 2.33. The second kappa shape index (κ2) is 5.06. The van der Waals surface area contributed by atoms with Gasteiger partial charge in [-0.15, -0.1) is 0 Å². The third-order valence-corrected chi connectivity index (χ3v) is 2.73.